The van der Waals surface area contributed by atoms with Crippen molar-refractivity contribution in [1.82, 2.24) is 4.90 Å². The molecule has 0 amide bonds. The van der Waals surface area contributed by atoms with Crippen LogP contribution in [0.3, 0.4) is 0 Å². The van der Waals surface area contributed by atoms with Crippen LogP contribution in [0.4, 0.5) is 4.39 Å². The van der Waals surface area contributed by atoms with Gasteiger partial charge in [-0.3, -0.25) is 4.90 Å². The first kappa shape index (κ1) is 12.1. The highest BCUT2D eigenvalue weighted by molar-refractivity contribution is 5.35. The van der Waals surface area contributed by atoms with Gasteiger partial charge < -0.3 is 5.73 Å². The van der Waals surface area contributed by atoms with Gasteiger partial charge in [-0.2, -0.15) is 0 Å². The summed E-state index contributed by atoms with van der Waals surface area (Å²) in [6.45, 7) is 1.89. The van der Waals surface area contributed by atoms with E-state index in [1.165, 1.54) is 30.4 Å². The fourth-order valence-electron chi connectivity index (χ4n) is 3.59. The van der Waals surface area contributed by atoms with Crippen molar-refractivity contribution in [1.29, 1.82) is 0 Å². The third kappa shape index (κ3) is 2.06. The van der Waals surface area contributed by atoms with E-state index in [0.29, 0.717) is 12.1 Å². The molecule has 0 bridgehead atoms. The average molecular weight is 248 g/mol. The summed E-state index contributed by atoms with van der Waals surface area (Å²) in [6.07, 6.45) is 5.90. The van der Waals surface area contributed by atoms with Gasteiger partial charge in [-0.1, -0.05) is 12.5 Å². The number of aryl methyl sites for hydroxylation is 1. The molecule has 1 aromatic rings. The quantitative estimate of drug-likeness (QED) is 0.871. The molecular weight excluding hydrogens is 227 g/mol. The third-order valence-corrected chi connectivity index (χ3v) is 4.50. The molecule has 2 unspecified atom stereocenters. The first-order chi connectivity index (χ1) is 8.79. The number of hydrogen-bond acceptors (Lipinski definition) is 2. The molecule has 18 heavy (non-hydrogen) atoms. The average Bonchev–Trinajstić information content (AvgIpc) is 2.81. The van der Waals surface area contributed by atoms with E-state index in [1.54, 1.807) is 12.1 Å². The van der Waals surface area contributed by atoms with E-state index in [4.69, 9.17) is 5.73 Å². The SMILES string of the molecule is NCC1CCCCN1C1CCc2cc(F)ccc21. The summed E-state index contributed by atoms with van der Waals surface area (Å²) in [6, 6.07) is 6.26. The Morgan fingerprint density at radius 1 is 1.28 bits per heavy atom. The monoisotopic (exact) mass is 248 g/mol. The second-order valence-corrected chi connectivity index (χ2v) is 5.52. The minimum Gasteiger partial charge on any atom is -0.329 e. The van der Waals surface area contributed by atoms with Gasteiger partial charge in [0.25, 0.3) is 0 Å². The Bertz CT molecular complexity index is 433. The van der Waals surface area contributed by atoms with Crippen LogP contribution in [0.5, 0.6) is 0 Å². The molecule has 1 aliphatic carbocycles. The van der Waals surface area contributed by atoms with Crippen molar-refractivity contribution in [2.45, 2.75) is 44.2 Å². The Balaban J connectivity index is 1.86. The topological polar surface area (TPSA) is 29.3 Å². The summed E-state index contributed by atoms with van der Waals surface area (Å²) >= 11 is 0. The number of rotatable bonds is 2. The van der Waals surface area contributed by atoms with E-state index in [0.717, 1.165) is 25.9 Å². The fraction of sp³-hybridized carbons (Fsp3) is 0.600. The maximum atomic E-state index is 13.2. The van der Waals surface area contributed by atoms with Crippen molar-refractivity contribution in [3.8, 4) is 0 Å². The van der Waals surface area contributed by atoms with E-state index < -0.39 is 0 Å². The van der Waals surface area contributed by atoms with Gasteiger partial charge in [-0.25, -0.2) is 4.39 Å². The molecule has 2 N–H and O–H groups in total. The predicted molar refractivity (Wildman–Crippen MR) is 70.9 cm³/mol. The van der Waals surface area contributed by atoms with Crippen LogP contribution in [0.1, 0.15) is 42.9 Å². The zero-order valence-corrected chi connectivity index (χ0v) is 10.7. The lowest BCUT2D eigenvalue weighted by molar-refractivity contribution is 0.0990. The number of fused-ring (bicyclic) bond motifs is 1. The summed E-state index contributed by atoms with van der Waals surface area (Å²) in [5, 5.41) is 0. The molecule has 1 aromatic carbocycles. The molecule has 3 heteroatoms. The van der Waals surface area contributed by atoms with Gasteiger partial charge >= 0.3 is 0 Å². The van der Waals surface area contributed by atoms with E-state index in [2.05, 4.69) is 4.90 Å². The molecule has 0 aromatic heterocycles. The van der Waals surface area contributed by atoms with Crippen molar-refractivity contribution in [2.24, 2.45) is 5.73 Å². The largest absolute Gasteiger partial charge is 0.329 e. The zero-order chi connectivity index (χ0) is 12.5. The highest BCUT2D eigenvalue weighted by atomic mass is 19.1. The lowest BCUT2D eigenvalue weighted by Crippen LogP contribution is -2.45. The lowest BCUT2D eigenvalue weighted by Gasteiger charge is -2.39. The summed E-state index contributed by atoms with van der Waals surface area (Å²) in [5.74, 6) is -0.108. The van der Waals surface area contributed by atoms with Gasteiger partial charge in [0, 0.05) is 18.6 Å². The minimum absolute atomic E-state index is 0.108. The maximum absolute atomic E-state index is 13.2. The van der Waals surface area contributed by atoms with Gasteiger partial charge in [0.05, 0.1) is 0 Å². The van der Waals surface area contributed by atoms with Crippen molar-refractivity contribution in [2.75, 3.05) is 13.1 Å². The van der Waals surface area contributed by atoms with Crippen molar-refractivity contribution < 1.29 is 4.39 Å². The molecule has 1 saturated heterocycles. The molecular formula is C15H21FN2. The molecule has 2 atom stereocenters. The van der Waals surface area contributed by atoms with E-state index in [9.17, 15) is 4.39 Å². The maximum Gasteiger partial charge on any atom is 0.123 e. The smallest absolute Gasteiger partial charge is 0.123 e. The van der Waals surface area contributed by atoms with Crippen LogP contribution in [0.15, 0.2) is 18.2 Å². The van der Waals surface area contributed by atoms with Crippen LogP contribution in [0, 0.1) is 5.82 Å². The summed E-state index contributed by atoms with van der Waals surface area (Å²) in [5.41, 5.74) is 8.43. The van der Waals surface area contributed by atoms with Crippen LogP contribution in [0.2, 0.25) is 0 Å². The van der Waals surface area contributed by atoms with E-state index >= 15 is 0 Å². The number of halogens is 1. The molecule has 1 fully saturated rings. The number of hydrogen-bond donors (Lipinski definition) is 1. The summed E-state index contributed by atoms with van der Waals surface area (Å²) in [7, 11) is 0. The highest BCUT2D eigenvalue weighted by Crippen LogP contribution is 2.38. The first-order valence-electron chi connectivity index (χ1n) is 7.03. The molecule has 1 aliphatic heterocycles. The summed E-state index contributed by atoms with van der Waals surface area (Å²) in [4.78, 5) is 2.56. The van der Waals surface area contributed by atoms with Crippen LogP contribution >= 0.6 is 0 Å². The molecule has 0 saturated carbocycles. The zero-order valence-electron chi connectivity index (χ0n) is 10.7. The number of nitrogens with two attached hydrogens (primary N) is 1. The molecule has 0 spiro atoms. The molecule has 2 nitrogen and oxygen atoms in total. The van der Waals surface area contributed by atoms with Crippen molar-refractivity contribution in [3.05, 3.63) is 35.1 Å². The molecule has 0 radical (unpaired) electrons. The Kier molecular flexibility index (Phi) is 3.35. The molecule has 2 aliphatic rings. The standard InChI is InChI=1S/C15H21FN2/c16-12-5-6-14-11(9-12)4-7-15(14)18-8-2-1-3-13(18)10-17/h5-6,9,13,15H,1-4,7-8,10,17H2. The van der Waals surface area contributed by atoms with Crippen LogP contribution in [0.25, 0.3) is 0 Å². The predicted octanol–water partition coefficient (Wildman–Crippen LogP) is 2.63. The van der Waals surface area contributed by atoms with Crippen molar-refractivity contribution in [3.63, 3.8) is 0 Å². The Labute approximate surface area is 108 Å². The Hall–Kier alpha value is -0.930. The van der Waals surface area contributed by atoms with Crippen LogP contribution in [-0.4, -0.2) is 24.0 Å². The van der Waals surface area contributed by atoms with Gasteiger partial charge in [-0.15, -0.1) is 0 Å². The number of benzene rings is 1. The lowest BCUT2D eigenvalue weighted by atomic mass is 9.97. The number of likely N-dealkylation sites (tertiary alicyclic amines) is 1. The van der Waals surface area contributed by atoms with E-state index in [-0.39, 0.29) is 5.82 Å². The Morgan fingerprint density at radius 3 is 3.00 bits per heavy atom. The second kappa shape index (κ2) is 4.98. The number of nitrogens with zero attached hydrogens (tertiary/aromatic N) is 1. The second-order valence-electron chi connectivity index (χ2n) is 5.52. The normalized spacial score (nSPS) is 28.3. The van der Waals surface area contributed by atoms with Crippen LogP contribution < -0.4 is 5.73 Å². The molecule has 98 valence electrons. The molecule has 1 heterocycles. The third-order valence-electron chi connectivity index (χ3n) is 4.50. The van der Waals surface area contributed by atoms with E-state index in [1.807, 2.05) is 6.07 Å². The minimum atomic E-state index is -0.108. The Morgan fingerprint density at radius 2 is 2.17 bits per heavy atom. The van der Waals surface area contributed by atoms with Gasteiger partial charge in [0.15, 0.2) is 0 Å². The van der Waals surface area contributed by atoms with Gasteiger partial charge in [-0.05, 0) is 55.5 Å². The summed E-state index contributed by atoms with van der Waals surface area (Å²) < 4.78 is 13.2. The highest BCUT2D eigenvalue weighted by Gasteiger charge is 2.33. The number of piperidine rings is 1. The molecule has 3 rings (SSSR count). The van der Waals surface area contributed by atoms with Crippen LogP contribution in [-0.2, 0) is 6.42 Å². The van der Waals surface area contributed by atoms with Crippen molar-refractivity contribution >= 4 is 0 Å². The van der Waals surface area contributed by atoms with Gasteiger partial charge in [0.1, 0.15) is 5.82 Å². The first-order valence-corrected chi connectivity index (χ1v) is 7.03. The van der Waals surface area contributed by atoms with Gasteiger partial charge in [0.2, 0.25) is 0 Å². The fourth-order valence-corrected chi connectivity index (χ4v) is 3.59.